The Hall–Kier alpha value is -1.29. The number of carbonyl (C=O) groups is 1. The number of hydrogen-bond acceptors (Lipinski definition) is 4. The van der Waals surface area contributed by atoms with Crippen LogP contribution < -0.4 is 0 Å². The van der Waals surface area contributed by atoms with Gasteiger partial charge in [0, 0.05) is 17.9 Å². The van der Waals surface area contributed by atoms with Crippen molar-refractivity contribution in [2.75, 3.05) is 0 Å². The van der Waals surface area contributed by atoms with Crippen LogP contribution in [0.3, 0.4) is 0 Å². The molecule has 0 radical (unpaired) electrons. The van der Waals surface area contributed by atoms with Gasteiger partial charge in [0.1, 0.15) is 6.10 Å². The van der Waals surface area contributed by atoms with Crippen LogP contribution in [-0.4, -0.2) is 45.8 Å². The van der Waals surface area contributed by atoms with Gasteiger partial charge in [-0.25, -0.2) is 4.79 Å². The van der Waals surface area contributed by atoms with Crippen LogP contribution in [0.25, 0.3) is 0 Å². The monoisotopic (exact) mass is 378 g/mol. The minimum atomic E-state index is -5.10. The summed E-state index contributed by atoms with van der Waals surface area (Å²) in [7, 11) is 0. The molecule has 0 spiro atoms. The number of halogens is 6. The zero-order valence-electron chi connectivity index (χ0n) is 13.6. The minimum absolute atomic E-state index is 0.453. The Morgan fingerprint density at radius 1 is 0.960 bits per heavy atom. The van der Waals surface area contributed by atoms with E-state index in [1.54, 1.807) is 0 Å². The summed E-state index contributed by atoms with van der Waals surface area (Å²) in [6, 6.07) is 0. The third kappa shape index (κ3) is 4.46. The van der Waals surface area contributed by atoms with E-state index in [-0.39, 0.29) is 0 Å². The predicted molar refractivity (Wildman–Crippen MR) is 74.3 cm³/mol. The van der Waals surface area contributed by atoms with Gasteiger partial charge in [0.15, 0.2) is 11.2 Å². The summed E-state index contributed by atoms with van der Waals surface area (Å²) in [5.74, 6) is -4.40. The molecule has 1 saturated carbocycles. The molecule has 1 rings (SSSR count). The van der Waals surface area contributed by atoms with Crippen molar-refractivity contribution in [3.63, 3.8) is 0 Å². The molecule has 146 valence electrons. The molecule has 0 aromatic heterocycles. The Labute approximate surface area is 140 Å². The average molecular weight is 378 g/mol. The van der Waals surface area contributed by atoms with Gasteiger partial charge in [0.2, 0.25) is 0 Å². The van der Waals surface area contributed by atoms with Crippen molar-refractivity contribution < 1.29 is 46.1 Å². The van der Waals surface area contributed by atoms with Gasteiger partial charge in [-0.3, -0.25) is 0 Å². The molecule has 10 heteroatoms. The van der Waals surface area contributed by atoms with E-state index in [0.29, 0.717) is 13.8 Å². The standard InChI is InChI=1S/C15H20F6O4/c1-4-11(22)25-10-6-8(12(2,23)14(16,17)18)5-9(7-10)13(3,24)15(19,20)21/h4,8-10,23-24H,1,5-7H2,2-3H3. The first-order valence-corrected chi connectivity index (χ1v) is 7.45. The molecule has 0 aromatic carbocycles. The third-order valence-corrected chi connectivity index (χ3v) is 4.85. The predicted octanol–water partition coefficient (Wildman–Crippen LogP) is 3.13. The second-order valence-corrected chi connectivity index (χ2v) is 6.65. The highest BCUT2D eigenvalue weighted by Crippen LogP contribution is 2.50. The maximum atomic E-state index is 13.1. The summed E-state index contributed by atoms with van der Waals surface area (Å²) in [5, 5.41) is 19.6. The van der Waals surface area contributed by atoms with Crippen molar-refractivity contribution in [1.29, 1.82) is 0 Å². The number of esters is 1. The summed E-state index contributed by atoms with van der Waals surface area (Å²) in [4.78, 5) is 11.3. The lowest BCUT2D eigenvalue weighted by atomic mass is 9.67. The van der Waals surface area contributed by atoms with Crippen LogP contribution in [0.4, 0.5) is 26.3 Å². The second kappa shape index (κ2) is 6.79. The molecule has 0 amide bonds. The fraction of sp³-hybridized carbons (Fsp3) is 0.800. The zero-order valence-corrected chi connectivity index (χ0v) is 13.6. The smallest absolute Gasteiger partial charge is 0.417 e. The van der Waals surface area contributed by atoms with Crippen LogP contribution >= 0.6 is 0 Å². The van der Waals surface area contributed by atoms with E-state index in [2.05, 4.69) is 6.58 Å². The molecular formula is C15H20F6O4. The Bertz CT molecular complexity index is 475. The molecule has 1 fully saturated rings. The number of carbonyl (C=O) groups excluding carboxylic acids is 1. The number of hydrogen-bond donors (Lipinski definition) is 2. The first kappa shape index (κ1) is 21.8. The molecule has 0 heterocycles. The van der Waals surface area contributed by atoms with Crippen molar-refractivity contribution in [3.8, 4) is 0 Å². The van der Waals surface area contributed by atoms with Crippen molar-refractivity contribution >= 4 is 5.97 Å². The van der Waals surface area contributed by atoms with Crippen LogP contribution in [0.1, 0.15) is 33.1 Å². The summed E-state index contributed by atoms with van der Waals surface area (Å²) in [6.07, 6.45) is -12.5. The molecule has 1 aliphatic rings. The quantitative estimate of drug-likeness (QED) is 0.448. The molecule has 25 heavy (non-hydrogen) atoms. The molecular weight excluding hydrogens is 358 g/mol. The van der Waals surface area contributed by atoms with E-state index in [0.717, 1.165) is 6.08 Å². The molecule has 2 N–H and O–H groups in total. The van der Waals surface area contributed by atoms with E-state index in [4.69, 9.17) is 4.74 Å². The molecule has 4 nitrogen and oxygen atoms in total. The summed E-state index contributed by atoms with van der Waals surface area (Å²) in [6.45, 7) is 4.01. The van der Waals surface area contributed by atoms with E-state index in [1.807, 2.05) is 0 Å². The van der Waals surface area contributed by atoms with Gasteiger partial charge in [-0.2, -0.15) is 26.3 Å². The van der Waals surface area contributed by atoms with Gasteiger partial charge in [-0.1, -0.05) is 6.58 Å². The van der Waals surface area contributed by atoms with Crippen molar-refractivity contribution in [2.45, 2.75) is 62.8 Å². The highest BCUT2D eigenvalue weighted by atomic mass is 19.4. The molecule has 0 saturated heterocycles. The summed E-state index contributed by atoms with van der Waals surface area (Å²) >= 11 is 0. The van der Waals surface area contributed by atoms with Gasteiger partial charge in [0.25, 0.3) is 0 Å². The van der Waals surface area contributed by atoms with E-state index >= 15 is 0 Å². The third-order valence-electron chi connectivity index (χ3n) is 4.85. The summed E-state index contributed by atoms with van der Waals surface area (Å²) < 4.78 is 83.2. The van der Waals surface area contributed by atoms with Crippen LogP contribution in [0.2, 0.25) is 0 Å². The molecule has 1 aliphatic carbocycles. The molecule has 4 atom stereocenters. The number of rotatable bonds is 4. The maximum absolute atomic E-state index is 13.1. The zero-order chi connectivity index (χ0) is 19.8. The topological polar surface area (TPSA) is 66.8 Å². The van der Waals surface area contributed by atoms with Crippen LogP contribution in [0.15, 0.2) is 12.7 Å². The van der Waals surface area contributed by atoms with Gasteiger partial charge in [-0.05, 0) is 33.1 Å². The lowest BCUT2D eigenvalue weighted by Gasteiger charge is -2.46. The van der Waals surface area contributed by atoms with Gasteiger partial charge >= 0.3 is 18.3 Å². The fourth-order valence-electron chi connectivity index (χ4n) is 2.96. The lowest BCUT2D eigenvalue weighted by Crippen LogP contribution is -2.57. The second-order valence-electron chi connectivity index (χ2n) is 6.65. The maximum Gasteiger partial charge on any atom is 0.417 e. The van der Waals surface area contributed by atoms with Gasteiger partial charge in [-0.15, -0.1) is 0 Å². The van der Waals surface area contributed by atoms with Crippen molar-refractivity contribution in [3.05, 3.63) is 12.7 Å². The van der Waals surface area contributed by atoms with Crippen LogP contribution in [0, 0.1) is 11.8 Å². The number of aliphatic hydroxyl groups is 2. The Morgan fingerprint density at radius 3 is 1.60 bits per heavy atom. The van der Waals surface area contributed by atoms with E-state index in [1.165, 1.54) is 0 Å². The normalized spacial score (nSPS) is 30.1. The highest BCUT2D eigenvalue weighted by molar-refractivity contribution is 5.81. The number of ether oxygens (including phenoxy) is 1. The molecule has 0 aliphatic heterocycles. The summed E-state index contributed by atoms with van der Waals surface area (Å²) in [5.41, 5.74) is -6.60. The van der Waals surface area contributed by atoms with Crippen molar-refractivity contribution in [1.82, 2.24) is 0 Å². The Morgan fingerprint density at radius 2 is 1.32 bits per heavy atom. The van der Waals surface area contributed by atoms with Gasteiger partial charge < -0.3 is 14.9 Å². The first-order chi connectivity index (χ1) is 11.0. The molecule has 0 aromatic rings. The largest absolute Gasteiger partial charge is 0.459 e. The molecule has 4 unspecified atom stereocenters. The van der Waals surface area contributed by atoms with Crippen LogP contribution in [0.5, 0.6) is 0 Å². The Kier molecular flexibility index (Phi) is 5.91. The average Bonchev–Trinajstić information content (AvgIpc) is 2.44. The number of alkyl halides is 6. The lowest BCUT2D eigenvalue weighted by molar-refractivity contribution is -0.299. The Balaban J connectivity index is 3.20. The SMILES string of the molecule is C=CC(=O)OC1CC(C(C)(O)C(F)(F)F)CC(C(C)(O)C(F)(F)F)C1. The molecule has 0 bridgehead atoms. The minimum Gasteiger partial charge on any atom is -0.459 e. The van der Waals surface area contributed by atoms with Crippen LogP contribution in [-0.2, 0) is 9.53 Å². The van der Waals surface area contributed by atoms with Crippen molar-refractivity contribution in [2.24, 2.45) is 11.8 Å². The highest BCUT2D eigenvalue weighted by Gasteiger charge is 2.61. The first-order valence-electron chi connectivity index (χ1n) is 7.45. The van der Waals surface area contributed by atoms with E-state index in [9.17, 15) is 41.4 Å². The van der Waals surface area contributed by atoms with Gasteiger partial charge in [0.05, 0.1) is 0 Å². The fourth-order valence-corrected chi connectivity index (χ4v) is 2.96. The van der Waals surface area contributed by atoms with E-state index < -0.39 is 66.7 Å².